The molecular formula is C19H19N5O. The number of furan rings is 1. The van der Waals surface area contributed by atoms with Crippen LogP contribution in [-0.4, -0.2) is 32.8 Å². The van der Waals surface area contributed by atoms with Gasteiger partial charge in [0.15, 0.2) is 11.4 Å². The van der Waals surface area contributed by atoms with Gasteiger partial charge in [0, 0.05) is 43.3 Å². The molecule has 0 bridgehead atoms. The number of aromatic nitrogens is 4. The van der Waals surface area contributed by atoms with E-state index in [1.807, 2.05) is 42.2 Å². The molecule has 0 unspecified atom stereocenters. The molecule has 6 nitrogen and oxygen atoms in total. The average molecular weight is 333 g/mol. The molecule has 0 amide bonds. The molecule has 6 heteroatoms. The Hall–Kier alpha value is -2.89. The van der Waals surface area contributed by atoms with Crippen LogP contribution in [0.4, 0.5) is 5.82 Å². The number of fused-ring (bicyclic) bond motifs is 3. The summed E-state index contributed by atoms with van der Waals surface area (Å²) in [6, 6.07) is 10.2. The minimum absolute atomic E-state index is 0.553. The monoisotopic (exact) mass is 333 g/mol. The van der Waals surface area contributed by atoms with E-state index in [1.165, 1.54) is 5.69 Å². The number of anilines is 1. The quantitative estimate of drug-likeness (QED) is 0.562. The minimum atomic E-state index is 0.553. The van der Waals surface area contributed by atoms with Gasteiger partial charge < -0.3 is 9.32 Å². The lowest BCUT2D eigenvalue weighted by molar-refractivity contribution is 0.474. The van der Waals surface area contributed by atoms with Gasteiger partial charge in [0.05, 0.1) is 0 Å². The van der Waals surface area contributed by atoms with Crippen molar-refractivity contribution in [1.29, 1.82) is 0 Å². The fourth-order valence-corrected chi connectivity index (χ4v) is 3.91. The topological polar surface area (TPSA) is 60.0 Å². The first-order chi connectivity index (χ1) is 12.3. The number of nitrogens with zero attached hydrogens (tertiary/aromatic N) is 5. The van der Waals surface area contributed by atoms with E-state index >= 15 is 0 Å². The largest absolute Gasteiger partial charge is 0.450 e. The van der Waals surface area contributed by atoms with Gasteiger partial charge in [-0.1, -0.05) is 12.1 Å². The molecule has 1 aliphatic heterocycles. The van der Waals surface area contributed by atoms with Crippen molar-refractivity contribution in [3.8, 4) is 0 Å². The molecule has 1 aromatic carbocycles. The van der Waals surface area contributed by atoms with Crippen LogP contribution >= 0.6 is 0 Å². The van der Waals surface area contributed by atoms with E-state index in [9.17, 15) is 0 Å². The normalized spacial score (nSPS) is 16.1. The zero-order valence-corrected chi connectivity index (χ0v) is 14.1. The molecule has 1 saturated heterocycles. The number of rotatable bonds is 2. The standard InChI is InChI=1S/C19H19N5O/c1-23-15(6-9-22-23)13-7-10-24(11-8-13)19-18-17(20-12-21-19)14-4-2-3-5-16(14)25-18/h2-6,9,12-13H,7-8,10-11H2,1H3. The maximum atomic E-state index is 6.07. The smallest absolute Gasteiger partial charge is 0.196 e. The summed E-state index contributed by atoms with van der Waals surface area (Å²) in [5.74, 6) is 1.46. The van der Waals surface area contributed by atoms with Gasteiger partial charge in [0.2, 0.25) is 0 Å². The molecule has 5 rings (SSSR count). The van der Waals surface area contributed by atoms with E-state index in [0.29, 0.717) is 5.92 Å². The van der Waals surface area contributed by atoms with E-state index in [1.54, 1.807) is 6.33 Å². The van der Waals surface area contributed by atoms with E-state index < -0.39 is 0 Å². The second-order valence-corrected chi connectivity index (χ2v) is 6.61. The zero-order valence-electron chi connectivity index (χ0n) is 14.1. The fraction of sp³-hybridized carbons (Fsp3) is 0.316. The van der Waals surface area contributed by atoms with Crippen molar-refractivity contribution in [3.05, 3.63) is 48.5 Å². The third kappa shape index (κ3) is 2.28. The molecule has 0 atom stereocenters. The molecule has 1 fully saturated rings. The number of aryl methyl sites for hydroxylation is 1. The number of hydrogen-bond acceptors (Lipinski definition) is 5. The lowest BCUT2D eigenvalue weighted by atomic mass is 9.93. The Labute approximate surface area is 145 Å². The average Bonchev–Trinajstić information content (AvgIpc) is 3.25. The van der Waals surface area contributed by atoms with Crippen LogP contribution in [-0.2, 0) is 7.05 Å². The second kappa shape index (κ2) is 5.58. The Bertz CT molecular complexity index is 1040. The Morgan fingerprint density at radius 2 is 1.92 bits per heavy atom. The third-order valence-electron chi connectivity index (χ3n) is 5.21. The van der Waals surface area contributed by atoms with Crippen LogP contribution in [0.5, 0.6) is 0 Å². The fourth-order valence-electron chi connectivity index (χ4n) is 3.91. The van der Waals surface area contributed by atoms with Crippen LogP contribution < -0.4 is 4.90 Å². The van der Waals surface area contributed by atoms with Gasteiger partial charge >= 0.3 is 0 Å². The van der Waals surface area contributed by atoms with Gasteiger partial charge in [0.1, 0.15) is 17.4 Å². The first kappa shape index (κ1) is 14.5. The summed E-state index contributed by atoms with van der Waals surface area (Å²) >= 11 is 0. The molecular weight excluding hydrogens is 314 g/mol. The maximum Gasteiger partial charge on any atom is 0.196 e. The summed E-state index contributed by atoms with van der Waals surface area (Å²) in [6.07, 6.45) is 5.70. The summed E-state index contributed by atoms with van der Waals surface area (Å²) in [6.45, 7) is 1.91. The Kier molecular flexibility index (Phi) is 3.23. The molecule has 0 aliphatic carbocycles. The molecule has 25 heavy (non-hydrogen) atoms. The van der Waals surface area contributed by atoms with Crippen LogP contribution in [0.3, 0.4) is 0 Å². The van der Waals surface area contributed by atoms with Gasteiger partial charge in [-0.3, -0.25) is 4.68 Å². The number of benzene rings is 1. The molecule has 126 valence electrons. The van der Waals surface area contributed by atoms with Crippen LogP contribution in [0.1, 0.15) is 24.5 Å². The van der Waals surface area contributed by atoms with Crippen LogP contribution in [0.15, 0.2) is 47.3 Å². The highest BCUT2D eigenvalue weighted by atomic mass is 16.3. The lowest BCUT2D eigenvalue weighted by Crippen LogP contribution is -2.34. The van der Waals surface area contributed by atoms with Crippen molar-refractivity contribution in [2.24, 2.45) is 7.05 Å². The van der Waals surface area contributed by atoms with E-state index in [-0.39, 0.29) is 0 Å². The van der Waals surface area contributed by atoms with Crippen LogP contribution in [0.2, 0.25) is 0 Å². The third-order valence-corrected chi connectivity index (χ3v) is 5.21. The van der Waals surface area contributed by atoms with Crippen molar-refractivity contribution in [2.75, 3.05) is 18.0 Å². The van der Waals surface area contributed by atoms with Gasteiger partial charge in [0.25, 0.3) is 0 Å². The Balaban J connectivity index is 1.47. The van der Waals surface area contributed by atoms with Gasteiger partial charge in [-0.25, -0.2) is 9.97 Å². The van der Waals surface area contributed by atoms with Crippen molar-refractivity contribution in [2.45, 2.75) is 18.8 Å². The maximum absolute atomic E-state index is 6.07. The summed E-state index contributed by atoms with van der Waals surface area (Å²) in [5.41, 5.74) is 3.87. The van der Waals surface area contributed by atoms with E-state index in [0.717, 1.165) is 53.8 Å². The van der Waals surface area contributed by atoms with Crippen LogP contribution in [0.25, 0.3) is 22.1 Å². The Morgan fingerprint density at radius 3 is 2.72 bits per heavy atom. The van der Waals surface area contributed by atoms with Crippen molar-refractivity contribution in [1.82, 2.24) is 19.7 Å². The highest BCUT2D eigenvalue weighted by Crippen LogP contribution is 2.35. The summed E-state index contributed by atoms with van der Waals surface area (Å²) in [4.78, 5) is 11.3. The molecule has 4 aromatic rings. The first-order valence-electron chi connectivity index (χ1n) is 8.66. The summed E-state index contributed by atoms with van der Waals surface area (Å²) in [5, 5.41) is 5.35. The minimum Gasteiger partial charge on any atom is -0.450 e. The van der Waals surface area contributed by atoms with E-state index in [2.05, 4.69) is 26.0 Å². The predicted molar refractivity (Wildman–Crippen MR) is 96.7 cm³/mol. The molecule has 0 spiro atoms. The van der Waals surface area contributed by atoms with Gasteiger partial charge in [-0.2, -0.15) is 5.10 Å². The number of piperidine rings is 1. The SMILES string of the molecule is Cn1nccc1C1CCN(c2ncnc3c2oc2ccccc23)CC1. The number of hydrogen-bond donors (Lipinski definition) is 0. The van der Waals surface area contributed by atoms with Crippen LogP contribution in [0, 0.1) is 0 Å². The predicted octanol–water partition coefficient (Wildman–Crippen LogP) is 3.49. The summed E-state index contributed by atoms with van der Waals surface area (Å²) < 4.78 is 8.06. The van der Waals surface area contributed by atoms with Crippen molar-refractivity contribution < 1.29 is 4.42 Å². The molecule has 0 N–H and O–H groups in total. The number of para-hydroxylation sites is 1. The Morgan fingerprint density at radius 1 is 1.08 bits per heavy atom. The zero-order chi connectivity index (χ0) is 16.8. The van der Waals surface area contributed by atoms with Crippen molar-refractivity contribution in [3.63, 3.8) is 0 Å². The molecule has 4 heterocycles. The first-order valence-corrected chi connectivity index (χ1v) is 8.66. The highest BCUT2D eigenvalue weighted by molar-refractivity contribution is 6.05. The second-order valence-electron chi connectivity index (χ2n) is 6.61. The highest BCUT2D eigenvalue weighted by Gasteiger charge is 2.25. The summed E-state index contributed by atoms with van der Waals surface area (Å²) in [7, 11) is 2.02. The van der Waals surface area contributed by atoms with Gasteiger partial charge in [-0.05, 0) is 31.0 Å². The molecule has 0 radical (unpaired) electrons. The lowest BCUT2D eigenvalue weighted by Gasteiger charge is -2.32. The van der Waals surface area contributed by atoms with E-state index in [4.69, 9.17) is 4.42 Å². The molecule has 0 saturated carbocycles. The molecule has 3 aromatic heterocycles. The molecule has 1 aliphatic rings. The van der Waals surface area contributed by atoms with Crippen molar-refractivity contribution >= 4 is 27.9 Å². The van der Waals surface area contributed by atoms with Gasteiger partial charge in [-0.15, -0.1) is 0 Å².